The van der Waals surface area contributed by atoms with Gasteiger partial charge in [-0.1, -0.05) is 83.1 Å². The standard InChI is InChI=1S/C28H28O/c1-17(2)18-7-10-23-20(12-18)8-11-24-25-14-19-6-9-22(28(3,4)5)13-21(19)15-27(25)29-16-26(23)24/h6-15,17H,16H2,1-5H3. The first kappa shape index (κ1) is 18.2. The highest BCUT2D eigenvalue weighted by Crippen LogP contribution is 2.43. The molecule has 29 heavy (non-hydrogen) atoms. The lowest BCUT2D eigenvalue weighted by Gasteiger charge is -2.24. The van der Waals surface area contributed by atoms with Crippen LogP contribution >= 0.6 is 0 Å². The van der Waals surface area contributed by atoms with Gasteiger partial charge in [0.2, 0.25) is 0 Å². The summed E-state index contributed by atoms with van der Waals surface area (Å²) in [5.74, 6) is 1.53. The van der Waals surface area contributed by atoms with Crippen LogP contribution in [0.5, 0.6) is 5.75 Å². The smallest absolute Gasteiger partial charge is 0.128 e. The minimum absolute atomic E-state index is 0.144. The van der Waals surface area contributed by atoms with Crippen LogP contribution in [0.3, 0.4) is 0 Å². The van der Waals surface area contributed by atoms with Crippen molar-refractivity contribution in [3.63, 3.8) is 0 Å². The van der Waals surface area contributed by atoms with E-state index in [-0.39, 0.29) is 5.41 Å². The summed E-state index contributed by atoms with van der Waals surface area (Å²) in [5.41, 5.74) is 6.69. The second kappa shape index (κ2) is 6.35. The maximum absolute atomic E-state index is 6.27. The first-order chi connectivity index (χ1) is 13.8. The van der Waals surface area contributed by atoms with Gasteiger partial charge >= 0.3 is 0 Å². The Labute approximate surface area is 173 Å². The summed E-state index contributed by atoms with van der Waals surface area (Å²) >= 11 is 0. The highest BCUT2D eigenvalue weighted by Gasteiger charge is 2.21. The molecular weight excluding hydrogens is 352 g/mol. The first-order valence-electron chi connectivity index (χ1n) is 10.6. The molecule has 0 bridgehead atoms. The molecule has 5 rings (SSSR count). The van der Waals surface area contributed by atoms with Gasteiger partial charge < -0.3 is 4.74 Å². The molecule has 4 aromatic carbocycles. The van der Waals surface area contributed by atoms with E-state index < -0.39 is 0 Å². The summed E-state index contributed by atoms with van der Waals surface area (Å²) in [6, 6.07) is 22.7. The van der Waals surface area contributed by atoms with Crippen molar-refractivity contribution in [2.24, 2.45) is 0 Å². The molecule has 1 aliphatic rings. The summed E-state index contributed by atoms with van der Waals surface area (Å²) in [7, 11) is 0. The maximum atomic E-state index is 6.27. The molecule has 0 saturated carbocycles. The van der Waals surface area contributed by atoms with Crippen LogP contribution in [0.25, 0.3) is 32.7 Å². The van der Waals surface area contributed by atoms with E-state index in [4.69, 9.17) is 4.74 Å². The quantitative estimate of drug-likeness (QED) is 0.325. The van der Waals surface area contributed by atoms with Crippen molar-refractivity contribution < 1.29 is 4.74 Å². The summed E-state index contributed by atoms with van der Waals surface area (Å²) in [6.07, 6.45) is 0. The van der Waals surface area contributed by atoms with E-state index in [1.54, 1.807) is 0 Å². The normalized spacial score (nSPS) is 13.4. The van der Waals surface area contributed by atoms with Crippen LogP contribution in [0.2, 0.25) is 0 Å². The van der Waals surface area contributed by atoms with Gasteiger partial charge in [0.05, 0.1) is 0 Å². The highest BCUT2D eigenvalue weighted by molar-refractivity contribution is 5.97. The lowest BCUT2D eigenvalue weighted by atomic mass is 9.85. The number of hydrogen-bond donors (Lipinski definition) is 0. The predicted molar refractivity (Wildman–Crippen MR) is 124 cm³/mol. The van der Waals surface area contributed by atoms with Crippen LogP contribution in [-0.2, 0) is 12.0 Å². The van der Waals surface area contributed by atoms with Crippen LogP contribution in [0.4, 0.5) is 0 Å². The van der Waals surface area contributed by atoms with E-state index in [0.717, 1.165) is 5.75 Å². The van der Waals surface area contributed by atoms with Crippen LogP contribution in [0.15, 0.2) is 60.7 Å². The zero-order valence-electron chi connectivity index (χ0n) is 18.0. The Balaban J connectivity index is 1.68. The zero-order valence-corrected chi connectivity index (χ0v) is 18.0. The van der Waals surface area contributed by atoms with Gasteiger partial charge in [-0.05, 0) is 61.7 Å². The summed E-state index contributed by atoms with van der Waals surface area (Å²) in [5, 5.41) is 5.13. The fraction of sp³-hybridized carbons (Fsp3) is 0.286. The van der Waals surface area contributed by atoms with Gasteiger partial charge in [-0.15, -0.1) is 0 Å². The minimum Gasteiger partial charge on any atom is -0.488 e. The SMILES string of the molecule is CC(C)c1ccc2c3c(ccc2c1)-c1cc2ccc(C(C)(C)C)cc2cc1OC3. The molecule has 0 N–H and O–H groups in total. The monoisotopic (exact) mass is 380 g/mol. The molecule has 0 aliphatic carbocycles. The molecule has 1 aliphatic heterocycles. The zero-order chi connectivity index (χ0) is 20.3. The van der Waals surface area contributed by atoms with Crippen molar-refractivity contribution in [3.05, 3.63) is 77.4 Å². The van der Waals surface area contributed by atoms with Crippen molar-refractivity contribution in [1.29, 1.82) is 0 Å². The molecule has 1 heterocycles. The lowest BCUT2D eigenvalue weighted by Crippen LogP contribution is -2.10. The van der Waals surface area contributed by atoms with Crippen LogP contribution in [-0.4, -0.2) is 0 Å². The van der Waals surface area contributed by atoms with Crippen molar-refractivity contribution in [1.82, 2.24) is 0 Å². The van der Waals surface area contributed by atoms with Crippen molar-refractivity contribution >= 4 is 21.5 Å². The molecule has 0 saturated heterocycles. The molecule has 1 heteroatoms. The first-order valence-corrected chi connectivity index (χ1v) is 10.6. The Morgan fingerprint density at radius 1 is 0.759 bits per heavy atom. The van der Waals surface area contributed by atoms with Crippen molar-refractivity contribution in [2.75, 3.05) is 0 Å². The van der Waals surface area contributed by atoms with E-state index in [2.05, 4.69) is 95.3 Å². The number of benzene rings is 4. The fourth-order valence-corrected chi connectivity index (χ4v) is 4.40. The molecule has 0 radical (unpaired) electrons. The predicted octanol–water partition coefficient (Wildman–Crippen LogP) is 7.97. The van der Waals surface area contributed by atoms with Crippen molar-refractivity contribution in [3.8, 4) is 16.9 Å². The van der Waals surface area contributed by atoms with E-state index >= 15 is 0 Å². The fourth-order valence-electron chi connectivity index (χ4n) is 4.40. The largest absolute Gasteiger partial charge is 0.488 e. The molecular formula is C28H28O. The van der Waals surface area contributed by atoms with Gasteiger partial charge in [-0.3, -0.25) is 0 Å². The topological polar surface area (TPSA) is 9.23 Å². The summed E-state index contributed by atoms with van der Waals surface area (Å²) in [6.45, 7) is 11.9. The lowest BCUT2D eigenvalue weighted by molar-refractivity contribution is 0.304. The average molecular weight is 381 g/mol. The Kier molecular flexibility index (Phi) is 4.00. The third-order valence-electron chi connectivity index (χ3n) is 6.29. The Morgan fingerprint density at radius 2 is 1.55 bits per heavy atom. The van der Waals surface area contributed by atoms with Crippen LogP contribution in [0.1, 0.15) is 57.2 Å². The second-order valence-electron chi connectivity index (χ2n) is 9.68. The van der Waals surface area contributed by atoms with Crippen molar-refractivity contribution in [2.45, 2.75) is 52.6 Å². The maximum Gasteiger partial charge on any atom is 0.128 e. The van der Waals surface area contributed by atoms with E-state index in [9.17, 15) is 0 Å². The van der Waals surface area contributed by atoms with E-state index in [1.807, 2.05) is 0 Å². The number of hydrogen-bond acceptors (Lipinski definition) is 1. The molecule has 0 fully saturated rings. The van der Waals surface area contributed by atoms with Gasteiger partial charge in [0.15, 0.2) is 0 Å². The van der Waals surface area contributed by atoms with Crippen LogP contribution < -0.4 is 4.74 Å². The number of fused-ring (bicyclic) bond motifs is 6. The number of rotatable bonds is 1. The number of ether oxygens (including phenoxy) is 1. The van der Waals surface area contributed by atoms with Gasteiger partial charge in [0.1, 0.15) is 12.4 Å². The van der Waals surface area contributed by atoms with Gasteiger partial charge in [-0.25, -0.2) is 0 Å². The third-order valence-corrected chi connectivity index (χ3v) is 6.29. The minimum atomic E-state index is 0.144. The Bertz CT molecular complexity index is 1260. The average Bonchev–Trinajstić information content (AvgIpc) is 2.70. The molecule has 0 unspecified atom stereocenters. The highest BCUT2D eigenvalue weighted by atomic mass is 16.5. The Hall–Kier alpha value is -2.80. The van der Waals surface area contributed by atoms with Gasteiger partial charge in [0.25, 0.3) is 0 Å². The molecule has 0 spiro atoms. The third kappa shape index (κ3) is 3.00. The Morgan fingerprint density at radius 3 is 2.31 bits per heavy atom. The molecule has 1 nitrogen and oxygen atoms in total. The van der Waals surface area contributed by atoms with E-state index in [1.165, 1.54) is 49.4 Å². The molecule has 0 amide bonds. The van der Waals surface area contributed by atoms with Gasteiger partial charge in [-0.2, -0.15) is 0 Å². The summed E-state index contributed by atoms with van der Waals surface area (Å²) in [4.78, 5) is 0. The summed E-state index contributed by atoms with van der Waals surface area (Å²) < 4.78 is 6.27. The van der Waals surface area contributed by atoms with Gasteiger partial charge in [0, 0.05) is 11.1 Å². The molecule has 4 aromatic rings. The second-order valence-corrected chi connectivity index (χ2v) is 9.68. The molecule has 146 valence electrons. The molecule has 0 atom stereocenters. The molecule has 0 aromatic heterocycles. The van der Waals surface area contributed by atoms with E-state index in [0.29, 0.717) is 12.5 Å². The van der Waals surface area contributed by atoms with Crippen LogP contribution in [0, 0.1) is 0 Å².